The molecule has 3 rings (SSSR count). The standard InChI is InChI=1S/C25H24O6S/c1-17-14-23(22(29-2)15-21(17)31-16-24(26)27)32-13-12-30-20-10-8-19(9-11-20)25(28)18-6-4-3-5-7-18/h3-11,14-15H,12-13,16H2,1-2H3,(H,26,27). The van der Waals surface area contributed by atoms with Gasteiger partial charge in [0.05, 0.1) is 13.7 Å². The van der Waals surface area contributed by atoms with Crippen LogP contribution in [0.4, 0.5) is 0 Å². The zero-order valence-electron chi connectivity index (χ0n) is 17.9. The number of hydrogen-bond acceptors (Lipinski definition) is 6. The van der Waals surface area contributed by atoms with Crippen molar-refractivity contribution in [1.29, 1.82) is 0 Å². The molecule has 3 aromatic carbocycles. The minimum atomic E-state index is -1.03. The number of ether oxygens (including phenoxy) is 3. The second kappa shape index (κ2) is 11.2. The van der Waals surface area contributed by atoms with Gasteiger partial charge in [-0.25, -0.2) is 4.79 Å². The molecule has 3 aromatic rings. The topological polar surface area (TPSA) is 82.1 Å². The smallest absolute Gasteiger partial charge is 0.341 e. The monoisotopic (exact) mass is 452 g/mol. The Kier molecular flexibility index (Phi) is 8.16. The first kappa shape index (κ1) is 23.2. The summed E-state index contributed by atoms with van der Waals surface area (Å²) in [5.41, 5.74) is 2.10. The predicted octanol–water partition coefficient (Wildman–Crippen LogP) is 4.87. The second-order valence-corrected chi connectivity index (χ2v) is 8.00. The van der Waals surface area contributed by atoms with Crippen molar-refractivity contribution >= 4 is 23.5 Å². The van der Waals surface area contributed by atoms with E-state index in [1.54, 1.807) is 61.3 Å². The van der Waals surface area contributed by atoms with E-state index >= 15 is 0 Å². The molecule has 0 saturated heterocycles. The largest absolute Gasteiger partial charge is 0.495 e. The van der Waals surface area contributed by atoms with Gasteiger partial charge in [0.25, 0.3) is 0 Å². The van der Waals surface area contributed by atoms with E-state index in [4.69, 9.17) is 19.3 Å². The lowest BCUT2D eigenvalue weighted by Gasteiger charge is -2.14. The molecule has 0 radical (unpaired) electrons. The lowest BCUT2D eigenvalue weighted by atomic mass is 10.0. The molecule has 7 heteroatoms. The fourth-order valence-electron chi connectivity index (χ4n) is 2.98. The number of aliphatic carboxylic acids is 1. The lowest BCUT2D eigenvalue weighted by Crippen LogP contribution is -2.10. The second-order valence-electron chi connectivity index (χ2n) is 6.87. The number of benzene rings is 3. The van der Waals surface area contributed by atoms with Crippen LogP contribution in [0.1, 0.15) is 21.5 Å². The fourth-order valence-corrected chi connectivity index (χ4v) is 3.91. The third kappa shape index (κ3) is 6.28. The third-order valence-electron chi connectivity index (χ3n) is 4.57. The van der Waals surface area contributed by atoms with E-state index in [1.807, 2.05) is 31.2 Å². The molecule has 0 heterocycles. The number of carbonyl (C=O) groups excluding carboxylic acids is 1. The predicted molar refractivity (Wildman–Crippen MR) is 123 cm³/mol. The summed E-state index contributed by atoms with van der Waals surface area (Å²) in [5, 5.41) is 8.79. The SMILES string of the molecule is COc1cc(OCC(=O)O)c(C)cc1SCCOc1ccc(C(=O)c2ccccc2)cc1. The molecule has 0 spiro atoms. The zero-order chi connectivity index (χ0) is 22.9. The molecule has 0 atom stereocenters. The molecule has 0 bridgehead atoms. The van der Waals surface area contributed by atoms with Gasteiger partial charge in [-0.15, -0.1) is 11.8 Å². The van der Waals surface area contributed by atoms with E-state index in [2.05, 4.69) is 0 Å². The molecule has 6 nitrogen and oxygen atoms in total. The van der Waals surface area contributed by atoms with Crippen LogP contribution in [-0.4, -0.2) is 42.9 Å². The molecule has 0 aliphatic heterocycles. The van der Waals surface area contributed by atoms with Crippen molar-refractivity contribution < 1.29 is 28.9 Å². The number of methoxy groups -OCH3 is 1. The Morgan fingerprint density at radius 1 is 0.906 bits per heavy atom. The summed E-state index contributed by atoms with van der Waals surface area (Å²) in [6, 6.07) is 19.9. The average Bonchev–Trinajstić information content (AvgIpc) is 2.81. The van der Waals surface area contributed by atoms with Crippen LogP contribution >= 0.6 is 11.8 Å². The van der Waals surface area contributed by atoms with Crippen LogP contribution in [0.5, 0.6) is 17.2 Å². The molecule has 0 fully saturated rings. The first-order chi connectivity index (χ1) is 15.5. The minimum Gasteiger partial charge on any atom is -0.495 e. The van der Waals surface area contributed by atoms with Gasteiger partial charge in [0, 0.05) is 27.8 Å². The molecule has 0 aliphatic rings. The molecule has 0 saturated carbocycles. The number of rotatable bonds is 11. The van der Waals surface area contributed by atoms with Crippen molar-refractivity contribution in [3.05, 3.63) is 83.4 Å². The molecular weight excluding hydrogens is 428 g/mol. The minimum absolute atomic E-state index is 0.0223. The Morgan fingerprint density at radius 3 is 2.25 bits per heavy atom. The number of carboxylic acids is 1. The molecule has 0 aromatic heterocycles. The van der Waals surface area contributed by atoms with Gasteiger partial charge in [-0.1, -0.05) is 30.3 Å². The Hall–Kier alpha value is -3.45. The van der Waals surface area contributed by atoms with Gasteiger partial charge < -0.3 is 19.3 Å². The van der Waals surface area contributed by atoms with Gasteiger partial charge in [0.1, 0.15) is 17.2 Å². The summed E-state index contributed by atoms with van der Waals surface area (Å²) >= 11 is 1.57. The first-order valence-corrected chi connectivity index (χ1v) is 10.9. The van der Waals surface area contributed by atoms with E-state index < -0.39 is 12.6 Å². The van der Waals surface area contributed by atoms with Crippen LogP contribution in [0.3, 0.4) is 0 Å². The van der Waals surface area contributed by atoms with E-state index in [1.165, 1.54) is 0 Å². The zero-order valence-corrected chi connectivity index (χ0v) is 18.7. The molecular formula is C25H24O6S. The fraction of sp³-hybridized carbons (Fsp3) is 0.200. The quantitative estimate of drug-likeness (QED) is 0.252. The van der Waals surface area contributed by atoms with Gasteiger partial charge >= 0.3 is 5.97 Å². The third-order valence-corrected chi connectivity index (χ3v) is 5.58. The lowest BCUT2D eigenvalue weighted by molar-refractivity contribution is -0.139. The van der Waals surface area contributed by atoms with Crippen molar-refractivity contribution in [2.45, 2.75) is 11.8 Å². The maximum Gasteiger partial charge on any atom is 0.341 e. The number of thioether (sulfide) groups is 1. The van der Waals surface area contributed by atoms with Crippen molar-refractivity contribution in [2.75, 3.05) is 26.1 Å². The van der Waals surface area contributed by atoms with Crippen molar-refractivity contribution in [3.63, 3.8) is 0 Å². The van der Waals surface area contributed by atoms with Gasteiger partial charge in [-0.2, -0.15) is 0 Å². The van der Waals surface area contributed by atoms with Crippen LogP contribution in [0.15, 0.2) is 71.6 Å². The number of hydrogen-bond donors (Lipinski definition) is 1. The first-order valence-electron chi connectivity index (χ1n) is 9.96. The molecule has 0 amide bonds. The summed E-state index contributed by atoms with van der Waals surface area (Å²) in [6.45, 7) is 1.92. The van der Waals surface area contributed by atoms with Crippen molar-refractivity contribution in [3.8, 4) is 17.2 Å². The maximum absolute atomic E-state index is 12.5. The van der Waals surface area contributed by atoms with E-state index in [0.29, 0.717) is 40.7 Å². The van der Waals surface area contributed by atoms with Crippen LogP contribution in [0.2, 0.25) is 0 Å². The van der Waals surface area contributed by atoms with Gasteiger partial charge in [-0.3, -0.25) is 4.79 Å². The van der Waals surface area contributed by atoms with E-state index in [-0.39, 0.29) is 5.78 Å². The highest BCUT2D eigenvalue weighted by Crippen LogP contribution is 2.35. The summed E-state index contributed by atoms with van der Waals surface area (Å²) < 4.78 is 16.5. The van der Waals surface area contributed by atoms with Crippen LogP contribution in [0.25, 0.3) is 0 Å². The summed E-state index contributed by atoms with van der Waals surface area (Å²) in [6.07, 6.45) is 0. The van der Waals surface area contributed by atoms with Crippen LogP contribution in [-0.2, 0) is 4.79 Å². The molecule has 32 heavy (non-hydrogen) atoms. The van der Waals surface area contributed by atoms with Gasteiger partial charge in [0.2, 0.25) is 0 Å². The van der Waals surface area contributed by atoms with E-state index in [9.17, 15) is 9.59 Å². The number of aryl methyl sites for hydroxylation is 1. The van der Waals surface area contributed by atoms with E-state index in [0.717, 1.165) is 10.5 Å². The Morgan fingerprint density at radius 2 is 1.59 bits per heavy atom. The highest BCUT2D eigenvalue weighted by atomic mass is 32.2. The highest BCUT2D eigenvalue weighted by Gasteiger charge is 2.12. The van der Waals surface area contributed by atoms with Crippen LogP contribution < -0.4 is 14.2 Å². The molecule has 0 unspecified atom stereocenters. The van der Waals surface area contributed by atoms with Crippen molar-refractivity contribution in [2.24, 2.45) is 0 Å². The number of ketones is 1. The molecule has 1 N–H and O–H groups in total. The van der Waals surface area contributed by atoms with Gasteiger partial charge in [-0.05, 0) is 42.8 Å². The Labute approximate surface area is 191 Å². The number of carboxylic acid groups (broad SMARTS) is 1. The maximum atomic E-state index is 12.5. The van der Waals surface area contributed by atoms with Crippen LogP contribution in [0, 0.1) is 6.92 Å². The summed E-state index contributed by atoms with van der Waals surface area (Å²) in [5.74, 6) is 1.41. The summed E-state index contributed by atoms with van der Waals surface area (Å²) in [4.78, 5) is 24.1. The Bertz CT molecular complexity index is 1060. The Balaban J connectivity index is 1.53. The normalized spacial score (nSPS) is 10.4. The van der Waals surface area contributed by atoms with Gasteiger partial charge in [0.15, 0.2) is 12.4 Å². The average molecular weight is 453 g/mol. The van der Waals surface area contributed by atoms with Crippen molar-refractivity contribution in [1.82, 2.24) is 0 Å². The summed E-state index contributed by atoms with van der Waals surface area (Å²) in [7, 11) is 1.56. The molecule has 0 aliphatic carbocycles. The highest BCUT2D eigenvalue weighted by molar-refractivity contribution is 7.99. The number of carbonyl (C=O) groups is 2. The molecule has 166 valence electrons.